The van der Waals surface area contributed by atoms with Crippen molar-refractivity contribution < 1.29 is 9.47 Å². The van der Waals surface area contributed by atoms with E-state index in [-0.39, 0.29) is 0 Å². The molecule has 0 radical (unpaired) electrons. The van der Waals surface area contributed by atoms with Gasteiger partial charge in [-0.1, -0.05) is 6.58 Å². The molecule has 0 spiro atoms. The van der Waals surface area contributed by atoms with Gasteiger partial charge >= 0.3 is 0 Å². The maximum absolute atomic E-state index is 5.37. The smallest absolute Gasteiger partial charge is 0.105 e. The van der Waals surface area contributed by atoms with E-state index in [1.807, 2.05) is 11.3 Å². The van der Waals surface area contributed by atoms with Crippen LogP contribution >= 0.6 is 11.3 Å². The Morgan fingerprint density at radius 3 is 3.00 bits per heavy atom. The number of hydrogen-bond donors (Lipinski definition) is 0. The van der Waals surface area contributed by atoms with Crippen molar-refractivity contribution in [3.8, 4) is 0 Å². The van der Waals surface area contributed by atoms with Gasteiger partial charge in [-0.15, -0.1) is 11.3 Å². The highest BCUT2D eigenvalue weighted by molar-refractivity contribution is 7.20. The number of nitrogens with zero attached hydrogens (tertiary/aromatic N) is 2. The van der Waals surface area contributed by atoms with Crippen LogP contribution in [0, 0.1) is 0 Å². The fourth-order valence-electron chi connectivity index (χ4n) is 1.86. The number of ether oxygens (including phenoxy) is 2. The summed E-state index contributed by atoms with van der Waals surface area (Å²) in [4.78, 5) is 4.59. The molecule has 2 rings (SSSR count). The predicted octanol–water partition coefficient (Wildman–Crippen LogP) is 2.18. The van der Waals surface area contributed by atoms with E-state index in [0.717, 1.165) is 32.8 Å². The molecular weight excluding hydrogens is 248 g/mol. The number of thiophene rings is 1. The maximum atomic E-state index is 5.37. The molecule has 2 heterocycles. The van der Waals surface area contributed by atoms with Crippen LogP contribution in [0.4, 0.5) is 10.0 Å². The van der Waals surface area contributed by atoms with Crippen LogP contribution in [-0.4, -0.2) is 46.5 Å². The van der Waals surface area contributed by atoms with Crippen LogP contribution in [0.5, 0.6) is 0 Å². The summed E-state index contributed by atoms with van der Waals surface area (Å²) in [5.74, 6) is 0. The first-order valence-electron chi connectivity index (χ1n) is 6.17. The molecule has 0 amide bonds. The highest BCUT2D eigenvalue weighted by Crippen LogP contribution is 2.32. The van der Waals surface area contributed by atoms with Gasteiger partial charge < -0.3 is 19.3 Å². The highest BCUT2D eigenvalue weighted by Gasteiger charge is 2.14. The van der Waals surface area contributed by atoms with Crippen LogP contribution in [0.25, 0.3) is 0 Å². The van der Waals surface area contributed by atoms with Crippen molar-refractivity contribution in [1.82, 2.24) is 0 Å². The quantitative estimate of drug-likeness (QED) is 0.583. The Morgan fingerprint density at radius 2 is 2.28 bits per heavy atom. The van der Waals surface area contributed by atoms with E-state index < -0.39 is 0 Å². The number of likely N-dealkylation sites (N-methyl/N-ethyl adjacent to an activating group) is 1. The molecule has 0 bridgehead atoms. The molecular formula is C13H20N2O2S. The lowest BCUT2D eigenvalue weighted by atomic mass is 10.4. The maximum Gasteiger partial charge on any atom is 0.105 e. The van der Waals surface area contributed by atoms with E-state index in [1.165, 1.54) is 16.3 Å². The second kappa shape index (κ2) is 6.66. The molecule has 1 aliphatic rings. The Hall–Kier alpha value is -1.20. The molecule has 0 unspecified atom stereocenters. The highest BCUT2D eigenvalue weighted by atomic mass is 32.1. The molecule has 1 aromatic heterocycles. The van der Waals surface area contributed by atoms with Crippen LogP contribution in [0.2, 0.25) is 0 Å². The zero-order valence-electron chi connectivity index (χ0n) is 10.8. The van der Waals surface area contributed by atoms with Crippen molar-refractivity contribution >= 4 is 21.3 Å². The molecule has 0 atom stereocenters. The van der Waals surface area contributed by atoms with Gasteiger partial charge in [-0.25, -0.2) is 0 Å². The SMILES string of the molecule is C=COCCN(C)c1ccc(N2CCOCC2)s1. The molecule has 1 saturated heterocycles. The standard InChI is InChI=1S/C13H20N2O2S/c1-3-16-9-6-14(2)12-4-5-13(18-12)15-7-10-17-11-8-15/h3-5H,1,6-11H2,2H3. The Labute approximate surface area is 112 Å². The lowest BCUT2D eigenvalue weighted by Crippen LogP contribution is -2.35. The van der Waals surface area contributed by atoms with Gasteiger partial charge in [-0.05, 0) is 12.1 Å². The third kappa shape index (κ3) is 3.40. The molecule has 1 aromatic rings. The Morgan fingerprint density at radius 1 is 1.50 bits per heavy atom. The third-order valence-electron chi connectivity index (χ3n) is 2.94. The van der Waals surface area contributed by atoms with E-state index in [1.54, 1.807) is 0 Å². The molecule has 5 heteroatoms. The van der Waals surface area contributed by atoms with Crippen LogP contribution in [0.15, 0.2) is 25.0 Å². The van der Waals surface area contributed by atoms with Crippen molar-refractivity contribution in [1.29, 1.82) is 0 Å². The summed E-state index contributed by atoms with van der Waals surface area (Å²) in [7, 11) is 2.08. The molecule has 0 aliphatic carbocycles. The van der Waals surface area contributed by atoms with E-state index in [4.69, 9.17) is 9.47 Å². The summed E-state index contributed by atoms with van der Waals surface area (Å²) in [6.07, 6.45) is 1.49. The third-order valence-corrected chi connectivity index (χ3v) is 4.20. The average Bonchev–Trinajstić information content (AvgIpc) is 2.89. The summed E-state index contributed by atoms with van der Waals surface area (Å²) in [5.41, 5.74) is 0. The molecule has 0 aromatic carbocycles. The van der Waals surface area contributed by atoms with Gasteiger partial charge in [0.1, 0.15) is 6.61 Å². The molecule has 100 valence electrons. The lowest BCUT2D eigenvalue weighted by Gasteiger charge is -2.27. The first-order chi connectivity index (χ1) is 8.81. The number of hydrogen-bond acceptors (Lipinski definition) is 5. The first kappa shape index (κ1) is 13.2. The minimum Gasteiger partial charge on any atom is -0.500 e. The van der Waals surface area contributed by atoms with Crippen LogP contribution in [0.1, 0.15) is 0 Å². The normalized spacial score (nSPS) is 15.5. The molecule has 1 aliphatic heterocycles. The van der Waals surface area contributed by atoms with Gasteiger partial charge in [0, 0.05) is 20.1 Å². The largest absolute Gasteiger partial charge is 0.500 e. The molecule has 1 fully saturated rings. The Balaban J connectivity index is 1.89. The monoisotopic (exact) mass is 268 g/mol. The zero-order valence-corrected chi connectivity index (χ0v) is 11.6. The van der Waals surface area contributed by atoms with Gasteiger partial charge in [-0.2, -0.15) is 0 Å². The van der Waals surface area contributed by atoms with E-state index >= 15 is 0 Å². The number of anilines is 2. The van der Waals surface area contributed by atoms with E-state index in [9.17, 15) is 0 Å². The lowest BCUT2D eigenvalue weighted by molar-refractivity contribution is 0.123. The van der Waals surface area contributed by atoms with Gasteiger partial charge in [0.05, 0.1) is 36.0 Å². The molecule has 0 N–H and O–H groups in total. The van der Waals surface area contributed by atoms with Crippen molar-refractivity contribution in [3.05, 3.63) is 25.0 Å². The fourth-order valence-corrected chi connectivity index (χ4v) is 2.91. The van der Waals surface area contributed by atoms with Crippen molar-refractivity contribution in [2.24, 2.45) is 0 Å². The Kier molecular flexibility index (Phi) is 4.90. The van der Waals surface area contributed by atoms with Crippen LogP contribution < -0.4 is 9.80 Å². The van der Waals surface area contributed by atoms with Gasteiger partial charge in [-0.3, -0.25) is 0 Å². The summed E-state index contributed by atoms with van der Waals surface area (Å²) in [5, 5.41) is 2.59. The Bertz CT molecular complexity index is 375. The number of rotatable bonds is 6. The number of morpholine rings is 1. The minimum absolute atomic E-state index is 0.671. The van der Waals surface area contributed by atoms with Crippen molar-refractivity contribution in [3.63, 3.8) is 0 Å². The summed E-state index contributed by atoms with van der Waals surface area (Å²) in [6, 6.07) is 4.36. The van der Waals surface area contributed by atoms with Crippen LogP contribution in [-0.2, 0) is 9.47 Å². The zero-order chi connectivity index (χ0) is 12.8. The fraction of sp³-hybridized carbons (Fsp3) is 0.538. The summed E-state index contributed by atoms with van der Waals surface area (Å²) < 4.78 is 10.5. The van der Waals surface area contributed by atoms with E-state index in [2.05, 4.69) is 35.6 Å². The van der Waals surface area contributed by atoms with Crippen molar-refractivity contribution in [2.45, 2.75) is 0 Å². The first-order valence-corrected chi connectivity index (χ1v) is 6.99. The topological polar surface area (TPSA) is 24.9 Å². The second-order valence-corrected chi connectivity index (χ2v) is 5.21. The van der Waals surface area contributed by atoms with Gasteiger partial charge in [0.15, 0.2) is 0 Å². The van der Waals surface area contributed by atoms with E-state index in [0.29, 0.717) is 6.61 Å². The van der Waals surface area contributed by atoms with Gasteiger partial charge in [0.2, 0.25) is 0 Å². The van der Waals surface area contributed by atoms with Crippen molar-refractivity contribution in [2.75, 3.05) is 56.3 Å². The van der Waals surface area contributed by atoms with Crippen LogP contribution in [0.3, 0.4) is 0 Å². The second-order valence-electron chi connectivity index (χ2n) is 4.17. The molecule has 0 saturated carbocycles. The predicted molar refractivity (Wildman–Crippen MR) is 76.8 cm³/mol. The average molecular weight is 268 g/mol. The van der Waals surface area contributed by atoms with Gasteiger partial charge in [0.25, 0.3) is 0 Å². The summed E-state index contributed by atoms with van der Waals surface area (Å²) >= 11 is 1.82. The molecule has 18 heavy (non-hydrogen) atoms. The molecule has 4 nitrogen and oxygen atoms in total. The summed E-state index contributed by atoms with van der Waals surface area (Å²) in [6.45, 7) is 8.72. The minimum atomic E-state index is 0.671.